The van der Waals surface area contributed by atoms with Gasteiger partial charge >= 0.3 is 6.18 Å². The van der Waals surface area contributed by atoms with E-state index >= 15 is 0 Å². The fourth-order valence-electron chi connectivity index (χ4n) is 1.03. The molecule has 0 aliphatic carbocycles. The Balaban J connectivity index is 5.27. The van der Waals surface area contributed by atoms with Crippen molar-refractivity contribution in [3.8, 4) is 0 Å². The van der Waals surface area contributed by atoms with Gasteiger partial charge in [-0.2, -0.15) is 13.2 Å². The molecule has 0 saturated carbocycles. The van der Waals surface area contributed by atoms with Crippen LogP contribution in [0.15, 0.2) is 36.2 Å². The smallest absolute Gasteiger partial charge is 0.207 e. The molecule has 0 rings (SSSR count). The minimum absolute atomic E-state index is 0.438. The minimum atomic E-state index is -4.60. The Morgan fingerprint density at radius 1 is 1.29 bits per heavy atom. The molecule has 0 aliphatic heterocycles. The van der Waals surface area contributed by atoms with Gasteiger partial charge in [0.1, 0.15) is 5.83 Å². The Morgan fingerprint density at radius 2 is 1.71 bits per heavy atom. The summed E-state index contributed by atoms with van der Waals surface area (Å²) in [7, 11) is 0. The average molecular weight is 208 g/mol. The van der Waals surface area contributed by atoms with E-state index in [-0.39, 0.29) is 0 Å². The molecule has 0 radical (unpaired) electrons. The van der Waals surface area contributed by atoms with Crippen LogP contribution < -0.4 is 0 Å². The normalized spacial score (nSPS) is 13.9. The molecule has 80 valence electrons. The monoisotopic (exact) mass is 208 g/mol. The summed E-state index contributed by atoms with van der Waals surface area (Å²) in [4.78, 5) is 0. The summed E-state index contributed by atoms with van der Waals surface area (Å²) in [6.45, 7) is 8.87. The molecule has 0 spiro atoms. The second kappa shape index (κ2) is 4.44. The molecule has 0 aromatic heterocycles. The zero-order valence-electron chi connectivity index (χ0n) is 8.08. The molecule has 0 saturated heterocycles. The van der Waals surface area contributed by atoms with Crippen molar-refractivity contribution in [2.75, 3.05) is 0 Å². The lowest BCUT2D eigenvalue weighted by atomic mass is 9.95. The lowest BCUT2D eigenvalue weighted by Gasteiger charge is -2.17. The quantitative estimate of drug-likeness (QED) is 0.482. The molecule has 0 fully saturated rings. The molecule has 0 heterocycles. The van der Waals surface area contributed by atoms with Gasteiger partial charge in [-0.1, -0.05) is 27.0 Å². The average Bonchev–Trinajstić information content (AvgIpc) is 2.01. The van der Waals surface area contributed by atoms with Crippen molar-refractivity contribution in [3.63, 3.8) is 0 Å². The fourth-order valence-corrected chi connectivity index (χ4v) is 1.03. The number of halogens is 4. The topological polar surface area (TPSA) is 0 Å². The maximum Gasteiger partial charge on any atom is 0.416 e. The van der Waals surface area contributed by atoms with Crippen molar-refractivity contribution in [1.82, 2.24) is 0 Å². The van der Waals surface area contributed by atoms with Crippen molar-refractivity contribution in [1.29, 1.82) is 0 Å². The second-order valence-electron chi connectivity index (χ2n) is 3.10. The summed E-state index contributed by atoms with van der Waals surface area (Å²) in [5.41, 5.74) is -1.59. The third-order valence-electron chi connectivity index (χ3n) is 1.68. The van der Waals surface area contributed by atoms with Gasteiger partial charge in [-0.15, -0.1) is 0 Å². The first kappa shape index (κ1) is 12.9. The van der Waals surface area contributed by atoms with E-state index in [0.717, 1.165) is 6.08 Å². The van der Waals surface area contributed by atoms with Crippen LogP contribution in [-0.4, -0.2) is 6.18 Å². The second-order valence-corrected chi connectivity index (χ2v) is 3.10. The largest absolute Gasteiger partial charge is 0.416 e. The standard InChI is InChI=1S/C10H12F4/c1-5-8(11)9(6(2)3)7(4)10(12,13)14/h5-6H,1,4H2,2-3H3/b9-8+. The highest BCUT2D eigenvalue weighted by atomic mass is 19.4. The molecular formula is C10H12F4. The van der Waals surface area contributed by atoms with Crippen LogP contribution in [0, 0.1) is 5.92 Å². The molecule has 0 aliphatic rings. The van der Waals surface area contributed by atoms with E-state index in [4.69, 9.17) is 0 Å². The summed E-state index contributed by atoms with van der Waals surface area (Å²) in [6.07, 6.45) is -3.84. The van der Waals surface area contributed by atoms with Crippen LogP contribution >= 0.6 is 0 Å². The molecule has 0 atom stereocenters. The third-order valence-corrected chi connectivity index (χ3v) is 1.68. The zero-order chi connectivity index (χ0) is 11.5. The van der Waals surface area contributed by atoms with Gasteiger partial charge in [-0.25, -0.2) is 4.39 Å². The van der Waals surface area contributed by atoms with E-state index < -0.39 is 29.1 Å². The Kier molecular flexibility index (Phi) is 4.10. The number of alkyl halides is 3. The third kappa shape index (κ3) is 3.01. The first-order chi connectivity index (χ1) is 6.21. The van der Waals surface area contributed by atoms with E-state index in [1.807, 2.05) is 0 Å². The van der Waals surface area contributed by atoms with E-state index in [1.54, 1.807) is 0 Å². The predicted octanol–water partition coefficient (Wildman–Crippen LogP) is 4.17. The Morgan fingerprint density at radius 3 is 1.93 bits per heavy atom. The zero-order valence-corrected chi connectivity index (χ0v) is 8.08. The van der Waals surface area contributed by atoms with Crippen molar-refractivity contribution >= 4 is 0 Å². The molecule has 0 aromatic rings. The molecule has 14 heavy (non-hydrogen) atoms. The van der Waals surface area contributed by atoms with E-state index in [9.17, 15) is 17.6 Å². The molecule has 0 N–H and O–H groups in total. The lowest BCUT2D eigenvalue weighted by molar-refractivity contribution is -0.0898. The molecular weight excluding hydrogens is 196 g/mol. The van der Waals surface area contributed by atoms with Gasteiger partial charge in [0.15, 0.2) is 0 Å². The maximum atomic E-state index is 13.0. The van der Waals surface area contributed by atoms with Gasteiger partial charge in [-0.05, 0) is 12.0 Å². The Labute approximate surface area is 80.6 Å². The van der Waals surface area contributed by atoms with Gasteiger partial charge in [0.25, 0.3) is 0 Å². The lowest BCUT2D eigenvalue weighted by Crippen LogP contribution is -2.16. The summed E-state index contributed by atoms with van der Waals surface area (Å²) < 4.78 is 49.7. The van der Waals surface area contributed by atoms with E-state index in [2.05, 4.69) is 13.2 Å². The number of allylic oxidation sites excluding steroid dienone is 4. The SMILES string of the molecule is C=C/C(F)=C(\C(=C)C(F)(F)F)C(C)C. The minimum Gasteiger partial charge on any atom is -0.207 e. The van der Waals surface area contributed by atoms with E-state index in [0.29, 0.717) is 0 Å². The number of hydrogen-bond acceptors (Lipinski definition) is 0. The summed E-state index contributed by atoms with van der Waals surface area (Å²) in [6, 6.07) is 0. The number of hydrogen-bond donors (Lipinski definition) is 0. The van der Waals surface area contributed by atoms with Crippen molar-refractivity contribution in [3.05, 3.63) is 36.2 Å². The summed E-state index contributed by atoms with van der Waals surface area (Å²) in [5, 5.41) is 0. The summed E-state index contributed by atoms with van der Waals surface area (Å²) in [5.74, 6) is -1.55. The maximum absolute atomic E-state index is 13.0. The van der Waals surface area contributed by atoms with Crippen LogP contribution in [0.2, 0.25) is 0 Å². The van der Waals surface area contributed by atoms with Gasteiger partial charge in [0.05, 0.1) is 5.57 Å². The predicted molar refractivity (Wildman–Crippen MR) is 48.4 cm³/mol. The first-order valence-corrected chi connectivity index (χ1v) is 4.00. The van der Waals surface area contributed by atoms with Crippen LogP contribution in [0.5, 0.6) is 0 Å². The molecule has 0 aromatic carbocycles. The highest BCUT2D eigenvalue weighted by Gasteiger charge is 2.36. The Bertz CT molecular complexity index is 268. The van der Waals surface area contributed by atoms with Crippen molar-refractivity contribution in [2.45, 2.75) is 20.0 Å². The van der Waals surface area contributed by atoms with Gasteiger partial charge < -0.3 is 0 Å². The molecule has 0 unspecified atom stereocenters. The first-order valence-electron chi connectivity index (χ1n) is 4.00. The highest BCUT2D eigenvalue weighted by molar-refractivity contribution is 5.38. The van der Waals surface area contributed by atoms with Crippen molar-refractivity contribution < 1.29 is 17.6 Å². The van der Waals surface area contributed by atoms with Gasteiger partial charge in [0.2, 0.25) is 0 Å². The Hall–Kier alpha value is -1.06. The van der Waals surface area contributed by atoms with Crippen LogP contribution in [0.25, 0.3) is 0 Å². The number of rotatable bonds is 3. The van der Waals surface area contributed by atoms with Gasteiger partial charge in [0, 0.05) is 5.57 Å². The molecule has 4 heteroatoms. The van der Waals surface area contributed by atoms with Gasteiger partial charge in [-0.3, -0.25) is 0 Å². The molecule has 0 bridgehead atoms. The fraction of sp³-hybridized carbons (Fsp3) is 0.400. The molecule has 0 amide bonds. The van der Waals surface area contributed by atoms with Crippen LogP contribution in [0.3, 0.4) is 0 Å². The molecule has 0 nitrogen and oxygen atoms in total. The highest BCUT2D eigenvalue weighted by Crippen LogP contribution is 2.35. The summed E-state index contributed by atoms with van der Waals surface area (Å²) >= 11 is 0. The van der Waals surface area contributed by atoms with Crippen LogP contribution in [0.4, 0.5) is 17.6 Å². The van der Waals surface area contributed by atoms with Crippen molar-refractivity contribution in [2.24, 2.45) is 5.92 Å². The van der Waals surface area contributed by atoms with Crippen LogP contribution in [-0.2, 0) is 0 Å². The van der Waals surface area contributed by atoms with E-state index in [1.165, 1.54) is 13.8 Å². The van der Waals surface area contributed by atoms with Crippen LogP contribution in [0.1, 0.15) is 13.8 Å².